The van der Waals surface area contributed by atoms with E-state index in [1.807, 2.05) is 6.07 Å². The van der Waals surface area contributed by atoms with E-state index >= 15 is 0 Å². The van der Waals surface area contributed by atoms with Crippen LogP contribution in [0.4, 0.5) is 4.39 Å². The maximum absolute atomic E-state index is 12.8. The summed E-state index contributed by atoms with van der Waals surface area (Å²) in [4.78, 5) is 7.51. The summed E-state index contributed by atoms with van der Waals surface area (Å²) >= 11 is 1.74. The summed E-state index contributed by atoms with van der Waals surface area (Å²) < 4.78 is 12.8. The Kier molecular flexibility index (Phi) is 5.64. The molecule has 3 nitrogen and oxygen atoms in total. The summed E-state index contributed by atoms with van der Waals surface area (Å²) in [5.41, 5.74) is 0.526. The van der Waals surface area contributed by atoms with E-state index in [9.17, 15) is 9.50 Å². The second-order valence-electron chi connectivity index (χ2n) is 4.65. The Morgan fingerprint density at radius 1 is 1.40 bits per heavy atom. The molecule has 2 aromatic rings. The normalized spacial score (nSPS) is 12.8. The van der Waals surface area contributed by atoms with Gasteiger partial charge in [0.05, 0.1) is 18.0 Å². The van der Waals surface area contributed by atoms with Gasteiger partial charge in [-0.3, -0.25) is 9.88 Å². The number of thiophene rings is 1. The molecule has 108 valence electrons. The van der Waals surface area contributed by atoms with E-state index in [0.717, 1.165) is 25.8 Å². The smallest absolute Gasteiger partial charge is 0.141 e. The standard InChI is InChI=1S/C15H19FN2OS/c1-2-18(11-13-4-3-9-20-13)8-7-15(19)14-6-5-12(16)10-17-14/h3-6,9-10,15,19H,2,7-8,11H2,1H3. The quantitative estimate of drug-likeness (QED) is 0.851. The van der Waals surface area contributed by atoms with Crippen molar-refractivity contribution in [1.82, 2.24) is 9.88 Å². The molecule has 2 heterocycles. The monoisotopic (exact) mass is 294 g/mol. The molecule has 0 radical (unpaired) electrons. The van der Waals surface area contributed by atoms with Gasteiger partial charge in [-0.05, 0) is 36.5 Å². The third-order valence-electron chi connectivity index (χ3n) is 3.22. The molecule has 0 saturated heterocycles. The molecule has 1 unspecified atom stereocenters. The summed E-state index contributed by atoms with van der Waals surface area (Å²) in [5.74, 6) is -0.381. The first-order chi connectivity index (χ1) is 9.69. The number of rotatable bonds is 7. The zero-order chi connectivity index (χ0) is 14.4. The van der Waals surface area contributed by atoms with Crippen LogP contribution in [0.15, 0.2) is 35.8 Å². The number of pyridine rings is 1. The van der Waals surface area contributed by atoms with Gasteiger partial charge in [0.2, 0.25) is 0 Å². The Morgan fingerprint density at radius 3 is 2.85 bits per heavy atom. The van der Waals surface area contributed by atoms with Gasteiger partial charge < -0.3 is 5.11 Å². The lowest BCUT2D eigenvalue weighted by molar-refractivity contribution is 0.138. The third-order valence-corrected chi connectivity index (χ3v) is 4.08. The van der Waals surface area contributed by atoms with E-state index in [4.69, 9.17) is 0 Å². The molecule has 0 aliphatic carbocycles. The lowest BCUT2D eigenvalue weighted by Gasteiger charge is -2.21. The van der Waals surface area contributed by atoms with Gasteiger partial charge in [0.25, 0.3) is 0 Å². The van der Waals surface area contributed by atoms with Crippen LogP contribution in [0.5, 0.6) is 0 Å². The number of aromatic nitrogens is 1. The molecule has 0 amide bonds. The highest BCUT2D eigenvalue weighted by Crippen LogP contribution is 2.17. The van der Waals surface area contributed by atoms with Crippen LogP contribution in [0.1, 0.15) is 30.0 Å². The van der Waals surface area contributed by atoms with Crippen molar-refractivity contribution in [2.75, 3.05) is 13.1 Å². The van der Waals surface area contributed by atoms with Crippen LogP contribution in [0.3, 0.4) is 0 Å². The van der Waals surface area contributed by atoms with Crippen molar-refractivity contribution in [2.24, 2.45) is 0 Å². The molecular formula is C15H19FN2OS. The number of hydrogen-bond donors (Lipinski definition) is 1. The molecule has 0 bridgehead atoms. The highest BCUT2D eigenvalue weighted by atomic mass is 32.1. The zero-order valence-corrected chi connectivity index (χ0v) is 12.3. The van der Waals surface area contributed by atoms with Crippen LogP contribution < -0.4 is 0 Å². The van der Waals surface area contributed by atoms with Gasteiger partial charge in [-0.25, -0.2) is 4.39 Å². The molecular weight excluding hydrogens is 275 g/mol. The topological polar surface area (TPSA) is 36.4 Å². The number of hydrogen-bond acceptors (Lipinski definition) is 4. The molecule has 2 aromatic heterocycles. The second-order valence-corrected chi connectivity index (χ2v) is 5.69. The molecule has 0 fully saturated rings. The van der Waals surface area contributed by atoms with E-state index in [-0.39, 0.29) is 5.82 Å². The van der Waals surface area contributed by atoms with Crippen LogP contribution in [0.2, 0.25) is 0 Å². The van der Waals surface area contributed by atoms with Gasteiger partial charge in [-0.1, -0.05) is 13.0 Å². The summed E-state index contributed by atoms with van der Waals surface area (Å²) in [5, 5.41) is 12.1. The first kappa shape index (κ1) is 15.1. The Morgan fingerprint density at radius 2 is 2.25 bits per heavy atom. The maximum Gasteiger partial charge on any atom is 0.141 e. The lowest BCUT2D eigenvalue weighted by Crippen LogP contribution is -2.25. The van der Waals surface area contributed by atoms with Crippen molar-refractivity contribution >= 4 is 11.3 Å². The van der Waals surface area contributed by atoms with Crippen molar-refractivity contribution in [1.29, 1.82) is 0 Å². The van der Waals surface area contributed by atoms with Crippen molar-refractivity contribution in [3.63, 3.8) is 0 Å². The number of aliphatic hydroxyl groups is 1. The lowest BCUT2D eigenvalue weighted by atomic mass is 10.1. The molecule has 0 aliphatic rings. The Hall–Kier alpha value is -1.30. The summed E-state index contributed by atoms with van der Waals surface area (Å²) in [6, 6.07) is 7.03. The Labute approximate surface area is 122 Å². The number of halogens is 1. The largest absolute Gasteiger partial charge is 0.387 e. The second kappa shape index (κ2) is 7.47. The van der Waals surface area contributed by atoms with E-state index in [2.05, 4.69) is 28.3 Å². The average Bonchev–Trinajstić information content (AvgIpc) is 2.96. The van der Waals surface area contributed by atoms with Crippen molar-refractivity contribution < 1.29 is 9.50 Å². The first-order valence-electron chi connectivity index (χ1n) is 6.73. The minimum atomic E-state index is -0.645. The minimum absolute atomic E-state index is 0.381. The molecule has 0 aliphatic heterocycles. The van der Waals surface area contributed by atoms with Crippen molar-refractivity contribution in [3.8, 4) is 0 Å². The number of aliphatic hydroxyl groups excluding tert-OH is 1. The third kappa shape index (κ3) is 4.37. The van der Waals surface area contributed by atoms with Gasteiger partial charge in [0.15, 0.2) is 0 Å². The van der Waals surface area contributed by atoms with Crippen LogP contribution in [0.25, 0.3) is 0 Å². The predicted molar refractivity (Wildman–Crippen MR) is 79.0 cm³/mol. The summed E-state index contributed by atoms with van der Waals surface area (Å²) in [6.45, 7) is 4.73. The SMILES string of the molecule is CCN(CCC(O)c1ccc(F)cn1)Cc1cccs1. The van der Waals surface area contributed by atoms with Crippen molar-refractivity contribution in [3.05, 3.63) is 52.2 Å². The fourth-order valence-electron chi connectivity index (χ4n) is 2.01. The van der Waals surface area contributed by atoms with E-state index in [1.165, 1.54) is 17.0 Å². The van der Waals surface area contributed by atoms with Gasteiger partial charge in [-0.15, -0.1) is 11.3 Å². The molecule has 1 atom stereocenters. The molecule has 1 N–H and O–H groups in total. The predicted octanol–water partition coefficient (Wildman–Crippen LogP) is 3.23. The molecule has 0 saturated carbocycles. The van der Waals surface area contributed by atoms with Crippen LogP contribution >= 0.6 is 11.3 Å². The maximum atomic E-state index is 12.8. The van der Waals surface area contributed by atoms with Gasteiger partial charge in [0, 0.05) is 18.0 Å². The fourth-order valence-corrected chi connectivity index (χ4v) is 2.76. The summed E-state index contributed by atoms with van der Waals surface area (Å²) in [7, 11) is 0. The van der Waals surface area contributed by atoms with E-state index in [1.54, 1.807) is 11.3 Å². The summed E-state index contributed by atoms with van der Waals surface area (Å²) in [6.07, 6.45) is 1.09. The highest BCUT2D eigenvalue weighted by molar-refractivity contribution is 7.09. The first-order valence-corrected chi connectivity index (χ1v) is 7.61. The number of nitrogens with zero attached hydrogens (tertiary/aromatic N) is 2. The van der Waals surface area contributed by atoms with Crippen molar-refractivity contribution in [2.45, 2.75) is 26.0 Å². The fraction of sp³-hybridized carbons (Fsp3) is 0.400. The molecule has 0 spiro atoms. The van der Waals surface area contributed by atoms with Crippen LogP contribution in [-0.2, 0) is 6.54 Å². The van der Waals surface area contributed by atoms with E-state index < -0.39 is 6.10 Å². The Balaban J connectivity index is 1.84. The zero-order valence-electron chi connectivity index (χ0n) is 11.5. The van der Waals surface area contributed by atoms with Crippen LogP contribution in [0, 0.1) is 5.82 Å². The molecule has 0 aromatic carbocycles. The van der Waals surface area contributed by atoms with Gasteiger partial charge >= 0.3 is 0 Å². The molecule has 5 heteroatoms. The van der Waals surface area contributed by atoms with Gasteiger partial charge in [0.1, 0.15) is 5.82 Å². The average molecular weight is 294 g/mol. The molecule has 20 heavy (non-hydrogen) atoms. The van der Waals surface area contributed by atoms with Crippen LogP contribution in [-0.4, -0.2) is 28.1 Å². The molecule has 2 rings (SSSR count). The van der Waals surface area contributed by atoms with Gasteiger partial charge in [-0.2, -0.15) is 0 Å². The minimum Gasteiger partial charge on any atom is -0.387 e. The Bertz CT molecular complexity index is 501. The van der Waals surface area contributed by atoms with E-state index in [0.29, 0.717) is 12.1 Å². The highest BCUT2D eigenvalue weighted by Gasteiger charge is 2.12.